The van der Waals surface area contributed by atoms with E-state index in [4.69, 9.17) is 9.15 Å². The quantitative estimate of drug-likeness (QED) is 0.907. The smallest absolute Gasteiger partial charge is 0.137 e. The van der Waals surface area contributed by atoms with E-state index in [2.05, 4.69) is 21.2 Å². The Balaban J connectivity index is 2.03. The van der Waals surface area contributed by atoms with Crippen LogP contribution in [-0.2, 0) is 13.2 Å². The van der Waals surface area contributed by atoms with Crippen LogP contribution in [0.1, 0.15) is 17.1 Å². The monoisotopic (exact) mass is 327 g/mol. The Kier molecular flexibility index (Phi) is 4.61. The van der Waals surface area contributed by atoms with Gasteiger partial charge in [0.15, 0.2) is 0 Å². The van der Waals surface area contributed by atoms with Crippen molar-refractivity contribution in [1.82, 2.24) is 5.32 Å². The fourth-order valence-corrected chi connectivity index (χ4v) is 2.08. The molecule has 0 amide bonds. The Bertz CT molecular complexity index is 569. The number of nitrogens with one attached hydrogen (secondary N) is 1. The van der Waals surface area contributed by atoms with Gasteiger partial charge in [-0.2, -0.15) is 0 Å². The Morgan fingerprint density at radius 2 is 2.16 bits per heavy atom. The molecule has 0 saturated carbocycles. The van der Waals surface area contributed by atoms with Crippen LogP contribution in [0.2, 0.25) is 0 Å². The van der Waals surface area contributed by atoms with Crippen LogP contribution in [-0.4, -0.2) is 7.05 Å². The number of rotatable bonds is 5. The maximum Gasteiger partial charge on any atom is 0.137 e. The van der Waals surface area contributed by atoms with Crippen LogP contribution in [0.15, 0.2) is 33.2 Å². The summed E-state index contributed by atoms with van der Waals surface area (Å²) in [4.78, 5) is 0. The minimum atomic E-state index is -0.303. The van der Waals surface area contributed by atoms with Crippen molar-refractivity contribution in [1.29, 1.82) is 0 Å². The second-order valence-corrected chi connectivity index (χ2v) is 5.04. The van der Waals surface area contributed by atoms with E-state index in [1.165, 1.54) is 6.07 Å². The molecule has 0 unspecified atom stereocenters. The van der Waals surface area contributed by atoms with E-state index in [1.807, 2.05) is 20.0 Å². The minimum Gasteiger partial charge on any atom is -0.489 e. The van der Waals surface area contributed by atoms with Gasteiger partial charge in [-0.05, 0) is 54.2 Å². The molecule has 1 aromatic carbocycles. The predicted octanol–water partition coefficient (Wildman–Crippen LogP) is 3.79. The standard InChI is InChI=1S/C14H15BrFNO2/c1-9-10(5-12(19-9)7-17-2)8-18-11-3-4-14(16)13(15)6-11/h3-6,17H,7-8H2,1-2H3. The summed E-state index contributed by atoms with van der Waals surface area (Å²) in [5.74, 6) is 2.03. The van der Waals surface area contributed by atoms with Crippen molar-refractivity contribution in [3.05, 3.63) is 51.6 Å². The van der Waals surface area contributed by atoms with E-state index >= 15 is 0 Å². The Labute approximate surface area is 119 Å². The fourth-order valence-electron chi connectivity index (χ4n) is 1.72. The molecular formula is C14H15BrFNO2. The van der Waals surface area contributed by atoms with Gasteiger partial charge in [0, 0.05) is 5.56 Å². The molecule has 0 spiro atoms. The molecule has 3 nitrogen and oxygen atoms in total. The molecule has 0 fully saturated rings. The molecule has 2 rings (SSSR count). The normalized spacial score (nSPS) is 10.7. The van der Waals surface area contributed by atoms with Gasteiger partial charge < -0.3 is 14.5 Å². The Hall–Kier alpha value is -1.33. The molecule has 0 aliphatic rings. The highest BCUT2D eigenvalue weighted by atomic mass is 79.9. The van der Waals surface area contributed by atoms with Gasteiger partial charge in [-0.25, -0.2) is 4.39 Å². The first-order valence-corrected chi connectivity index (χ1v) is 6.70. The van der Waals surface area contributed by atoms with E-state index in [9.17, 15) is 4.39 Å². The number of hydrogen-bond acceptors (Lipinski definition) is 3. The van der Waals surface area contributed by atoms with Gasteiger partial charge in [0.1, 0.15) is 29.7 Å². The van der Waals surface area contributed by atoms with Gasteiger partial charge >= 0.3 is 0 Å². The molecule has 1 heterocycles. The first-order chi connectivity index (χ1) is 9.10. The zero-order valence-corrected chi connectivity index (χ0v) is 12.4. The van der Waals surface area contributed by atoms with Gasteiger partial charge in [0.25, 0.3) is 0 Å². The summed E-state index contributed by atoms with van der Waals surface area (Å²) in [6.45, 7) is 2.98. The van der Waals surface area contributed by atoms with Gasteiger partial charge in [-0.1, -0.05) is 0 Å². The third-order valence-electron chi connectivity index (χ3n) is 2.71. The summed E-state index contributed by atoms with van der Waals surface area (Å²) in [5.41, 5.74) is 0.991. The van der Waals surface area contributed by atoms with Crippen LogP contribution >= 0.6 is 15.9 Å². The number of halogens is 2. The largest absolute Gasteiger partial charge is 0.489 e. The Morgan fingerprint density at radius 1 is 1.37 bits per heavy atom. The van der Waals surface area contributed by atoms with Crippen LogP contribution in [0.4, 0.5) is 4.39 Å². The zero-order chi connectivity index (χ0) is 13.8. The van der Waals surface area contributed by atoms with E-state index in [-0.39, 0.29) is 5.82 Å². The lowest BCUT2D eigenvalue weighted by atomic mass is 10.2. The second-order valence-electron chi connectivity index (χ2n) is 4.19. The Morgan fingerprint density at radius 3 is 2.84 bits per heavy atom. The fraction of sp³-hybridized carbons (Fsp3) is 0.286. The molecule has 0 atom stereocenters. The highest BCUT2D eigenvalue weighted by Gasteiger charge is 2.08. The first-order valence-electron chi connectivity index (χ1n) is 5.91. The van der Waals surface area contributed by atoms with E-state index in [0.29, 0.717) is 23.4 Å². The molecule has 0 aliphatic heterocycles. The van der Waals surface area contributed by atoms with Crippen molar-refractivity contribution in [2.75, 3.05) is 7.05 Å². The lowest BCUT2D eigenvalue weighted by molar-refractivity contribution is 0.302. The van der Waals surface area contributed by atoms with Gasteiger partial charge in [-0.15, -0.1) is 0 Å². The number of aryl methyl sites for hydroxylation is 1. The molecule has 0 saturated heterocycles. The summed E-state index contributed by atoms with van der Waals surface area (Å²) in [7, 11) is 1.87. The van der Waals surface area contributed by atoms with Crippen LogP contribution < -0.4 is 10.1 Å². The van der Waals surface area contributed by atoms with E-state index in [0.717, 1.165) is 17.1 Å². The molecule has 19 heavy (non-hydrogen) atoms. The van der Waals surface area contributed by atoms with Crippen molar-refractivity contribution >= 4 is 15.9 Å². The lowest BCUT2D eigenvalue weighted by Gasteiger charge is -2.05. The molecule has 5 heteroatoms. The first kappa shape index (κ1) is 14.1. The van der Waals surface area contributed by atoms with Crippen LogP contribution in [0.3, 0.4) is 0 Å². The average Bonchev–Trinajstić information content (AvgIpc) is 2.72. The van der Waals surface area contributed by atoms with Crippen molar-refractivity contribution in [2.45, 2.75) is 20.1 Å². The van der Waals surface area contributed by atoms with Crippen LogP contribution in [0.25, 0.3) is 0 Å². The molecule has 102 valence electrons. The number of furan rings is 1. The molecule has 0 aliphatic carbocycles. The second kappa shape index (κ2) is 6.21. The average molecular weight is 328 g/mol. The summed E-state index contributed by atoms with van der Waals surface area (Å²) in [5, 5.41) is 3.03. The van der Waals surface area contributed by atoms with Crippen molar-refractivity contribution < 1.29 is 13.5 Å². The van der Waals surface area contributed by atoms with Crippen LogP contribution in [0, 0.1) is 12.7 Å². The highest BCUT2D eigenvalue weighted by molar-refractivity contribution is 9.10. The zero-order valence-electron chi connectivity index (χ0n) is 10.8. The third-order valence-corrected chi connectivity index (χ3v) is 3.32. The molecule has 0 radical (unpaired) electrons. The van der Waals surface area contributed by atoms with E-state index in [1.54, 1.807) is 12.1 Å². The van der Waals surface area contributed by atoms with Gasteiger partial charge in [-0.3, -0.25) is 0 Å². The highest BCUT2D eigenvalue weighted by Crippen LogP contribution is 2.23. The maximum absolute atomic E-state index is 13.1. The van der Waals surface area contributed by atoms with Gasteiger partial charge in [0.2, 0.25) is 0 Å². The molecule has 1 N–H and O–H groups in total. The van der Waals surface area contributed by atoms with E-state index < -0.39 is 0 Å². The predicted molar refractivity (Wildman–Crippen MR) is 74.6 cm³/mol. The lowest BCUT2D eigenvalue weighted by Crippen LogP contribution is -2.03. The summed E-state index contributed by atoms with van der Waals surface area (Å²) in [6, 6.07) is 6.54. The summed E-state index contributed by atoms with van der Waals surface area (Å²) in [6.07, 6.45) is 0. The van der Waals surface area contributed by atoms with Crippen LogP contribution in [0.5, 0.6) is 5.75 Å². The molecule has 1 aromatic heterocycles. The van der Waals surface area contributed by atoms with Gasteiger partial charge in [0.05, 0.1) is 11.0 Å². The SMILES string of the molecule is CNCc1cc(COc2ccc(F)c(Br)c2)c(C)o1. The summed E-state index contributed by atoms with van der Waals surface area (Å²) < 4.78 is 24.7. The minimum absolute atomic E-state index is 0.303. The number of hydrogen-bond donors (Lipinski definition) is 1. The molecular weight excluding hydrogens is 313 g/mol. The maximum atomic E-state index is 13.1. The topological polar surface area (TPSA) is 34.4 Å². The van der Waals surface area contributed by atoms with Crippen molar-refractivity contribution in [2.24, 2.45) is 0 Å². The number of benzene rings is 1. The number of ether oxygens (including phenoxy) is 1. The molecule has 0 bridgehead atoms. The third kappa shape index (κ3) is 3.58. The molecule has 2 aromatic rings. The van der Waals surface area contributed by atoms with Crippen molar-refractivity contribution in [3.8, 4) is 5.75 Å². The summed E-state index contributed by atoms with van der Waals surface area (Å²) >= 11 is 3.13. The van der Waals surface area contributed by atoms with Crippen molar-refractivity contribution in [3.63, 3.8) is 0 Å².